The fraction of sp³-hybridized carbons (Fsp3) is 0.727. The minimum absolute atomic E-state index is 0.0589. The number of aromatic nitrogens is 2. The number of nitrogens with zero attached hydrogens (tertiary/aromatic N) is 2. The molecular formula is C11H18N4OS. The van der Waals surface area contributed by atoms with E-state index in [2.05, 4.69) is 34.7 Å². The summed E-state index contributed by atoms with van der Waals surface area (Å²) in [5.41, 5.74) is 0. The number of nitrogens with one attached hydrogen (secondary N) is 2. The Morgan fingerprint density at radius 2 is 2.35 bits per heavy atom. The summed E-state index contributed by atoms with van der Waals surface area (Å²) in [6, 6.07) is 0. The summed E-state index contributed by atoms with van der Waals surface area (Å²) in [6.45, 7) is 5.91. The molecule has 5 nitrogen and oxygen atoms in total. The van der Waals surface area contributed by atoms with Crippen molar-refractivity contribution in [2.45, 2.75) is 32.6 Å². The number of hydrogen-bond acceptors (Lipinski definition) is 5. The minimum Gasteiger partial charge on any atom is -0.316 e. The lowest BCUT2D eigenvalue weighted by atomic mass is 9.99. The summed E-state index contributed by atoms with van der Waals surface area (Å²) >= 11 is 1.46. The molecule has 0 saturated carbocycles. The molecule has 2 rings (SSSR count). The van der Waals surface area contributed by atoms with Crippen molar-refractivity contribution < 1.29 is 4.79 Å². The van der Waals surface area contributed by atoms with Crippen LogP contribution in [-0.2, 0) is 4.79 Å². The molecule has 94 valence electrons. The predicted molar refractivity (Wildman–Crippen MR) is 68.2 cm³/mol. The van der Waals surface area contributed by atoms with Gasteiger partial charge in [0.15, 0.2) is 0 Å². The Bertz CT molecular complexity index is 385. The highest BCUT2D eigenvalue weighted by Crippen LogP contribution is 2.23. The SMILES string of the molecule is CC(C)c1nnc(NC(=O)C2CCCNC2)s1. The lowest BCUT2D eigenvalue weighted by Crippen LogP contribution is -2.37. The van der Waals surface area contributed by atoms with E-state index in [-0.39, 0.29) is 11.8 Å². The van der Waals surface area contributed by atoms with E-state index in [4.69, 9.17) is 0 Å². The normalized spacial score (nSPS) is 20.5. The van der Waals surface area contributed by atoms with Crippen LogP contribution in [0.15, 0.2) is 0 Å². The van der Waals surface area contributed by atoms with E-state index in [1.54, 1.807) is 0 Å². The smallest absolute Gasteiger partial charge is 0.230 e. The molecule has 0 aromatic carbocycles. The third kappa shape index (κ3) is 3.23. The molecule has 2 heterocycles. The fourth-order valence-electron chi connectivity index (χ4n) is 1.80. The van der Waals surface area contributed by atoms with Crippen molar-refractivity contribution in [3.05, 3.63) is 5.01 Å². The third-order valence-electron chi connectivity index (χ3n) is 2.83. The molecule has 1 aliphatic heterocycles. The van der Waals surface area contributed by atoms with Crippen molar-refractivity contribution in [2.24, 2.45) is 5.92 Å². The van der Waals surface area contributed by atoms with Crippen molar-refractivity contribution in [3.63, 3.8) is 0 Å². The van der Waals surface area contributed by atoms with E-state index in [9.17, 15) is 4.79 Å². The Balaban J connectivity index is 1.92. The topological polar surface area (TPSA) is 66.9 Å². The molecule has 0 spiro atoms. The first kappa shape index (κ1) is 12.4. The average molecular weight is 254 g/mol. The molecule has 17 heavy (non-hydrogen) atoms. The number of piperidine rings is 1. The van der Waals surface area contributed by atoms with Crippen LogP contribution in [0.2, 0.25) is 0 Å². The molecular weight excluding hydrogens is 236 g/mol. The first-order chi connectivity index (χ1) is 8.16. The molecule has 1 amide bonds. The second-order valence-corrected chi connectivity index (χ2v) is 5.64. The molecule has 0 aliphatic carbocycles. The maximum atomic E-state index is 11.9. The zero-order valence-electron chi connectivity index (χ0n) is 10.2. The van der Waals surface area contributed by atoms with E-state index in [1.807, 2.05) is 0 Å². The van der Waals surface area contributed by atoms with Crippen molar-refractivity contribution in [1.82, 2.24) is 15.5 Å². The summed E-state index contributed by atoms with van der Waals surface area (Å²) in [4.78, 5) is 11.9. The van der Waals surface area contributed by atoms with Crippen LogP contribution in [0, 0.1) is 5.92 Å². The molecule has 1 aromatic rings. The Morgan fingerprint density at radius 3 is 2.94 bits per heavy atom. The zero-order chi connectivity index (χ0) is 12.3. The molecule has 6 heteroatoms. The first-order valence-electron chi connectivity index (χ1n) is 6.02. The Kier molecular flexibility index (Phi) is 4.06. The average Bonchev–Trinajstić information content (AvgIpc) is 2.79. The van der Waals surface area contributed by atoms with Gasteiger partial charge in [-0.3, -0.25) is 4.79 Å². The van der Waals surface area contributed by atoms with Crippen LogP contribution in [0.4, 0.5) is 5.13 Å². The minimum atomic E-state index is 0.0589. The first-order valence-corrected chi connectivity index (χ1v) is 6.83. The Hall–Kier alpha value is -1.01. The van der Waals surface area contributed by atoms with Gasteiger partial charge in [0.1, 0.15) is 5.01 Å². The van der Waals surface area contributed by atoms with Crippen molar-refractivity contribution in [3.8, 4) is 0 Å². The zero-order valence-corrected chi connectivity index (χ0v) is 11.0. The molecule has 1 fully saturated rings. The monoisotopic (exact) mass is 254 g/mol. The van der Waals surface area contributed by atoms with Gasteiger partial charge in [-0.05, 0) is 19.4 Å². The Morgan fingerprint density at radius 1 is 1.53 bits per heavy atom. The quantitative estimate of drug-likeness (QED) is 0.860. The van der Waals surface area contributed by atoms with Gasteiger partial charge in [0, 0.05) is 12.5 Å². The lowest BCUT2D eigenvalue weighted by molar-refractivity contribution is -0.120. The second-order valence-electron chi connectivity index (χ2n) is 4.63. The highest BCUT2D eigenvalue weighted by molar-refractivity contribution is 7.15. The van der Waals surface area contributed by atoms with Crippen LogP contribution < -0.4 is 10.6 Å². The maximum absolute atomic E-state index is 11.9. The molecule has 1 atom stereocenters. The van der Waals surface area contributed by atoms with Crippen LogP contribution in [0.1, 0.15) is 37.6 Å². The highest BCUT2D eigenvalue weighted by Gasteiger charge is 2.22. The van der Waals surface area contributed by atoms with Gasteiger partial charge in [-0.15, -0.1) is 10.2 Å². The predicted octanol–water partition coefficient (Wildman–Crippen LogP) is 1.60. The van der Waals surface area contributed by atoms with Crippen molar-refractivity contribution in [2.75, 3.05) is 18.4 Å². The van der Waals surface area contributed by atoms with Gasteiger partial charge in [0.05, 0.1) is 5.92 Å². The van der Waals surface area contributed by atoms with Crippen LogP contribution in [0.5, 0.6) is 0 Å². The second kappa shape index (κ2) is 5.55. The van der Waals surface area contributed by atoms with E-state index >= 15 is 0 Å². The van der Waals surface area contributed by atoms with Gasteiger partial charge in [-0.1, -0.05) is 25.2 Å². The van der Waals surface area contributed by atoms with E-state index in [1.165, 1.54) is 11.3 Å². The van der Waals surface area contributed by atoms with E-state index in [0.717, 1.165) is 30.9 Å². The maximum Gasteiger partial charge on any atom is 0.230 e. The largest absolute Gasteiger partial charge is 0.316 e. The van der Waals surface area contributed by atoms with Crippen LogP contribution in [-0.4, -0.2) is 29.2 Å². The number of anilines is 1. The number of amides is 1. The molecule has 2 N–H and O–H groups in total. The van der Waals surface area contributed by atoms with Gasteiger partial charge in [0.2, 0.25) is 11.0 Å². The van der Waals surface area contributed by atoms with E-state index in [0.29, 0.717) is 11.0 Å². The standard InChI is InChI=1S/C11H18N4OS/c1-7(2)10-14-15-11(17-10)13-9(16)8-4-3-5-12-6-8/h7-8,12H,3-6H2,1-2H3,(H,13,15,16). The highest BCUT2D eigenvalue weighted by atomic mass is 32.1. The van der Waals surface area contributed by atoms with Crippen molar-refractivity contribution in [1.29, 1.82) is 0 Å². The summed E-state index contributed by atoms with van der Waals surface area (Å²) in [5.74, 6) is 0.480. The summed E-state index contributed by atoms with van der Waals surface area (Å²) < 4.78 is 0. The van der Waals surface area contributed by atoms with Crippen LogP contribution in [0.25, 0.3) is 0 Å². The van der Waals surface area contributed by atoms with Gasteiger partial charge in [0.25, 0.3) is 0 Å². The fourth-order valence-corrected chi connectivity index (χ4v) is 2.55. The molecule has 0 radical (unpaired) electrons. The summed E-state index contributed by atoms with van der Waals surface area (Å²) in [7, 11) is 0. The third-order valence-corrected chi connectivity index (χ3v) is 3.97. The molecule has 0 bridgehead atoms. The van der Waals surface area contributed by atoms with Gasteiger partial charge < -0.3 is 10.6 Å². The molecule has 1 saturated heterocycles. The van der Waals surface area contributed by atoms with Crippen molar-refractivity contribution >= 4 is 22.4 Å². The molecule has 1 unspecified atom stereocenters. The number of carbonyl (C=O) groups excluding carboxylic acids is 1. The molecule has 1 aromatic heterocycles. The van der Waals surface area contributed by atoms with Gasteiger partial charge >= 0.3 is 0 Å². The van der Waals surface area contributed by atoms with Gasteiger partial charge in [-0.2, -0.15) is 0 Å². The van der Waals surface area contributed by atoms with Crippen LogP contribution >= 0.6 is 11.3 Å². The Labute approximate surface area is 105 Å². The number of carbonyl (C=O) groups is 1. The summed E-state index contributed by atoms with van der Waals surface area (Å²) in [5, 5.41) is 15.7. The van der Waals surface area contributed by atoms with Gasteiger partial charge in [-0.25, -0.2) is 0 Å². The number of rotatable bonds is 3. The number of hydrogen-bond donors (Lipinski definition) is 2. The van der Waals surface area contributed by atoms with Crippen LogP contribution in [0.3, 0.4) is 0 Å². The van der Waals surface area contributed by atoms with E-state index < -0.39 is 0 Å². The lowest BCUT2D eigenvalue weighted by Gasteiger charge is -2.21. The summed E-state index contributed by atoms with van der Waals surface area (Å²) in [6.07, 6.45) is 2.01. The molecule has 1 aliphatic rings.